The molecule has 3 N–H and O–H groups in total. The number of rotatable bonds is 25. The molecule has 0 aliphatic heterocycles. The van der Waals surface area contributed by atoms with Crippen molar-refractivity contribution < 1.29 is 33.4 Å². The molecule has 0 aromatic rings. The second-order valence-electron chi connectivity index (χ2n) is 13.8. The van der Waals surface area contributed by atoms with Gasteiger partial charge in [-0.1, -0.05) is 97.1 Å². The lowest BCUT2D eigenvalue weighted by Gasteiger charge is -2.33. The van der Waals surface area contributed by atoms with E-state index in [0.29, 0.717) is 6.42 Å². The fraction of sp³-hybridized carbons (Fsp3) is 0.811. The maximum atomic E-state index is 12.9. The lowest BCUT2D eigenvalue weighted by Crippen LogP contribution is -2.53. The summed E-state index contributed by atoms with van der Waals surface area (Å²) in [5.41, 5.74) is -0.971. The van der Waals surface area contributed by atoms with Crippen molar-refractivity contribution >= 4 is 29.7 Å². The second-order valence-corrected chi connectivity index (χ2v) is 13.8. The van der Waals surface area contributed by atoms with E-state index in [-0.39, 0.29) is 43.5 Å². The van der Waals surface area contributed by atoms with Crippen LogP contribution in [0.2, 0.25) is 0 Å². The molecule has 0 aromatic carbocycles. The van der Waals surface area contributed by atoms with Crippen LogP contribution < -0.4 is 16.0 Å². The highest BCUT2D eigenvalue weighted by atomic mass is 16.6. The van der Waals surface area contributed by atoms with Crippen LogP contribution in [0.15, 0.2) is 12.2 Å². The number of ether oxygens (including phenoxy) is 2. The van der Waals surface area contributed by atoms with Crippen molar-refractivity contribution in [3.05, 3.63) is 12.2 Å². The Morgan fingerprint density at radius 1 is 0.723 bits per heavy atom. The van der Waals surface area contributed by atoms with Gasteiger partial charge in [-0.2, -0.15) is 0 Å². The molecule has 0 unspecified atom stereocenters. The molecule has 0 aromatic heterocycles. The number of carbonyl (C=O) groups excluding carboxylic acids is 5. The highest BCUT2D eigenvalue weighted by molar-refractivity contribution is 5.85. The molecular formula is C37H65N3O7. The zero-order chi connectivity index (χ0) is 34.9. The number of hydrogen-bond donors (Lipinski definition) is 3. The van der Waals surface area contributed by atoms with E-state index >= 15 is 0 Å². The van der Waals surface area contributed by atoms with Crippen LogP contribution in [0.3, 0.4) is 0 Å². The zero-order valence-electron chi connectivity index (χ0n) is 30.1. The summed E-state index contributed by atoms with van der Waals surface area (Å²) in [5.74, 6) is -1.90. The van der Waals surface area contributed by atoms with Crippen LogP contribution in [0.1, 0.15) is 157 Å². The number of hydrogen-bond acceptors (Lipinski definition) is 7. The van der Waals surface area contributed by atoms with Gasteiger partial charge < -0.3 is 25.4 Å². The lowest BCUT2D eigenvalue weighted by atomic mass is 9.86. The number of carbonyl (C=O) groups is 5. The van der Waals surface area contributed by atoms with Crippen molar-refractivity contribution in [1.82, 2.24) is 16.0 Å². The Morgan fingerprint density at radius 2 is 1.23 bits per heavy atom. The zero-order valence-corrected chi connectivity index (χ0v) is 30.1. The summed E-state index contributed by atoms with van der Waals surface area (Å²) in [6, 6.07) is -0.255. The molecule has 1 aliphatic carbocycles. The standard InChI is InChI=1S/C37H65N3O7/c1-6-7-8-9-10-11-12-13-14-15-16-17-18-19-20-25-33(43)39-31-23-21-22-24-32(31)40-34(44)26-27-38-36(45)35(47-30(3)42)37(4,5)28-46-29(2)41/h13-14,31-32,35H,6-12,15-28H2,1-5H3,(H,38,45)(H,39,43)(H,40,44)/t31-,32-,35-/m0/s1. The molecule has 1 fully saturated rings. The monoisotopic (exact) mass is 663 g/mol. The quantitative estimate of drug-likeness (QED) is 0.0568. The summed E-state index contributed by atoms with van der Waals surface area (Å²) in [6.45, 7) is 7.97. The maximum absolute atomic E-state index is 12.9. The highest BCUT2D eigenvalue weighted by Crippen LogP contribution is 2.25. The number of esters is 2. The fourth-order valence-corrected chi connectivity index (χ4v) is 5.88. The summed E-state index contributed by atoms with van der Waals surface area (Å²) in [7, 11) is 0. The smallest absolute Gasteiger partial charge is 0.303 e. The first kappa shape index (κ1) is 42.1. The largest absolute Gasteiger partial charge is 0.465 e. The topological polar surface area (TPSA) is 140 Å². The molecule has 0 radical (unpaired) electrons. The molecule has 0 spiro atoms. The molecule has 0 bridgehead atoms. The van der Waals surface area contributed by atoms with E-state index in [1.165, 1.54) is 71.6 Å². The SMILES string of the molecule is CCCCCCCCC=CCCCCCCCC(=O)N[C@H]1CCCC[C@@H]1NC(=O)CCNC(=O)[C@H](OC(C)=O)C(C)(C)COC(C)=O. The summed E-state index contributed by atoms with van der Waals surface area (Å²) < 4.78 is 10.3. The Morgan fingerprint density at radius 3 is 1.77 bits per heavy atom. The van der Waals surface area contributed by atoms with E-state index in [1.807, 2.05) is 0 Å². The van der Waals surface area contributed by atoms with E-state index in [1.54, 1.807) is 13.8 Å². The highest BCUT2D eigenvalue weighted by Gasteiger charge is 2.39. The third-order valence-electron chi connectivity index (χ3n) is 8.65. The molecule has 10 heteroatoms. The van der Waals surface area contributed by atoms with Crippen LogP contribution >= 0.6 is 0 Å². The van der Waals surface area contributed by atoms with Crippen molar-refractivity contribution in [2.75, 3.05) is 13.2 Å². The van der Waals surface area contributed by atoms with Gasteiger partial charge in [0.2, 0.25) is 11.8 Å². The van der Waals surface area contributed by atoms with Crippen LogP contribution in [-0.2, 0) is 33.4 Å². The molecule has 270 valence electrons. The summed E-state index contributed by atoms with van der Waals surface area (Å²) in [5, 5.41) is 8.86. The van der Waals surface area contributed by atoms with Gasteiger partial charge in [0, 0.05) is 50.7 Å². The Kier molecular flexibility index (Phi) is 22.5. The molecule has 1 aliphatic rings. The van der Waals surface area contributed by atoms with Crippen molar-refractivity contribution in [2.24, 2.45) is 5.41 Å². The fourth-order valence-electron chi connectivity index (χ4n) is 5.88. The van der Waals surface area contributed by atoms with E-state index < -0.39 is 29.4 Å². The molecule has 10 nitrogen and oxygen atoms in total. The van der Waals surface area contributed by atoms with E-state index in [0.717, 1.165) is 51.4 Å². The summed E-state index contributed by atoms with van der Waals surface area (Å²) in [6.07, 6.45) is 23.4. The normalized spacial score (nSPS) is 17.1. The van der Waals surface area contributed by atoms with Gasteiger partial charge >= 0.3 is 11.9 Å². The number of unbranched alkanes of at least 4 members (excludes halogenated alkanes) is 11. The molecule has 0 heterocycles. The summed E-state index contributed by atoms with van der Waals surface area (Å²) in [4.78, 5) is 61.2. The second kappa shape index (κ2) is 25.2. The van der Waals surface area contributed by atoms with Gasteiger partial charge in [0.1, 0.15) is 6.61 Å². The van der Waals surface area contributed by atoms with Gasteiger partial charge in [-0.3, -0.25) is 24.0 Å². The first-order valence-electron chi connectivity index (χ1n) is 18.3. The van der Waals surface area contributed by atoms with Crippen LogP contribution in [0.4, 0.5) is 0 Å². The maximum Gasteiger partial charge on any atom is 0.303 e. The third kappa shape index (κ3) is 20.8. The van der Waals surface area contributed by atoms with E-state index in [9.17, 15) is 24.0 Å². The van der Waals surface area contributed by atoms with Gasteiger partial charge in [0.15, 0.2) is 6.10 Å². The predicted molar refractivity (Wildman–Crippen MR) is 185 cm³/mol. The average molecular weight is 664 g/mol. The molecule has 1 saturated carbocycles. The molecular weight excluding hydrogens is 598 g/mol. The average Bonchev–Trinajstić information content (AvgIpc) is 3.01. The van der Waals surface area contributed by atoms with E-state index in [4.69, 9.17) is 9.47 Å². The number of amides is 3. The minimum absolute atomic E-state index is 0.0360. The first-order valence-corrected chi connectivity index (χ1v) is 18.3. The van der Waals surface area contributed by atoms with Crippen LogP contribution in [-0.4, -0.2) is 61.0 Å². The summed E-state index contributed by atoms with van der Waals surface area (Å²) >= 11 is 0. The van der Waals surface area contributed by atoms with E-state index in [2.05, 4.69) is 35.0 Å². The molecule has 3 amide bonds. The van der Waals surface area contributed by atoms with Crippen molar-refractivity contribution in [3.8, 4) is 0 Å². The Hall–Kier alpha value is -2.91. The predicted octanol–water partition coefficient (Wildman–Crippen LogP) is 6.59. The molecule has 3 atom stereocenters. The van der Waals surface area contributed by atoms with Crippen molar-refractivity contribution in [3.63, 3.8) is 0 Å². The van der Waals surface area contributed by atoms with Gasteiger partial charge in [0.25, 0.3) is 5.91 Å². The molecule has 47 heavy (non-hydrogen) atoms. The number of nitrogens with one attached hydrogen (secondary N) is 3. The van der Waals surface area contributed by atoms with Crippen LogP contribution in [0.5, 0.6) is 0 Å². The molecule has 0 saturated heterocycles. The first-order chi connectivity index (χ1) is 22.5. The minimum Gasteiger partial charge on any atom is -0.465 e. The third-order valence-corrected chi connectivity index (χ3v) is 8.65. The Balaban J connectivity index is 2.30. The molecule has 1 rings (SSSR count). The van der Waals surface area contributed by atoms with Crippen LogP contribution in [0.25, 0.3) is 0 Å². The van der Waals surface area contributed by atoms with Crippen molar-refractivity contribution in [2.45, 2.75) is 175 Å². The Labute approximate surface area is 284 Å². The number of allylic oxidation sites excluding steroid dienone is 2. The minimum atomic E-state index is -1.19. The van der Waals surface area contributed by atoms with Gasteiger partial charge in [0.05, 0.1) is 0 Å². The van der Waals surface area contributed by atoms with Crippen LogP contribution in [0, 0.1) is 5.41 Å². The lowest BCUT2D eigenvalue weighted by molar-refractivity contribution is -0.166. The van der Waals surface area contributed by atoms with Crippen molar-refractivity contribution in [1.29, 1.82) is 0 Å². The van der Waals surface area contributed by atoms with Gasteiger partial charge in [-0.15, -0.1) is 0 Å². The Bertz CT molecular complexity index is 966. The van der Waals surface area contributed by atoms with Gasteiger partial charge in [-0.25, -0.2) is 0 Å². The van der Waals surface area contributed by atoms with Gasteiger partial charge in [-0.05, 0) is 44.9 Å².